The van der Waals surface area contributed by atoms with Crippen LogP contribution in [0, 0.1) is 0 Å². The molecule has 0 aliphatic carbocycles. The zero-order valence-electron chi connectivity index (χ0n) is 7.72. The van der Waals surface area contributed by atoms with E-state index < -0.39 is 0 Å². The first-order chi connectivity index (χ1) is 5.29. The van der Waals surface area contributed by atoms with Crippen molar-refractivity contribution < 1.29 is 0 Å². The standard InChI is InChI=1S/C10H17N/c1-5-9(6-2)10(7-3)11-8-4/h5,8H,1,6-7H2,2-4H3/b10-9+,11-8?. The normalized spacial score (nSPS) is 13.4. The largest absolute Gasteiger partial charge is 0.266 e. The highest BCUT2D eigenvalue weighted by atomic mass is 14.7. The van der Waals surface area contributed by atoms with Gasteiger partial charge in [-0.1, -0.05) is 26.5 Å². The molecule has 0 radical (unpaired) electrons. The van der Waals surface area contributed by atoms with Crippen LogP contribution in [0.2, 0.25) is 0 Å². The van der Waals surface area contributed by atoms with Crippen LogP contribution in [0.15, 0.2) is 28.9 Å². The third-order valence-corrected chi connectivity index (χ3v) is 1.62. The van der Waals surface area contributed by atoms with Crippen LogP contribution in [-0.4, -0.2) is 6.21 Å². The van der Waals surface area contributed by atoms with Crippen LogP contribution >= 0.6 is 0 Å². The predicted octanol–water partition coefficient (Wildman–Crippen LogP) is 3.34. The second kappa shape index (κ2) is 5.90. The van der Waals surface area contributed by atoms with Crippen molar-refractivity contribution in [3.8, 4) is 0 Å². The molecule has 0 aromatic carbocycles. The molecule has 0 N–H and O–H groups in total. The number of hydrogen-bond acceptors (Lipinski definition) is 1. The topological polar surface area (TPSA) is 12.4 Å². The third kappa shape index (κ3) is 3.17. The van der Waals surface area contributed by atoms with Gasteiger partial charge in [-0.2, -0.15) is 0 Å². The summed E-state index contributed by atoms with van der Waals surface area (Å²) >= 11 is 0. The minimum absolute atomic E-state index is 0.986. The van der Waals surface area contributed by atoms with Gasteiger partial charge in [0.2, 0.25) is 0 Å². The van der Waals surface area contributed by atoms with Gasteiger partial charge in [0.1, 0.15) is 0 Å². The average molecular weight is 151 g/mol. The minimum Gasteiger partial charge on any atom is -0.266 e. The summed E-state index contributed by atoms with van der Waals surface area (Å²) in [5, 5.41) is 0. The molecular formula is C10H17N. The van der Waals surface area contributed by atoms with Gasteiger partial charge < -0.3 is 0 Å². The van der Waals surface area contributed by atoms with Gasteiger partial charge in [-0.15, -0.1) is 0 Å². The maximum atomic E-state index is 4.27. The molecule has 0 unspecified atom stereocenters. The number of nitrogens with zero attached hydrogens (tertiary/aromatic N) is 1. The molecule has 0 bridgehead atoms. The summed E-state index contributed by atoms with van der Waals surface area (Å²) in [4.78, 5) is 4.27. The highest BCUT2D eigenvalue weighted by Gasteiger charge is 1.95. The molecule has 0 aliphatic rings. The Bertz CT molecular complexity index is 175. The lowest BCUT2D eigenvalue weighted by molar-refractivity contribution is 0.996. The van der Waals surface area contributed by atoms with E-state index >= 15 is 0 Å². The Balaban J connectivity index is 4.61. The van der Waals surface area contributed by atoms with Crippen molar-refractivity contribution in [1.29, 1.82) is 0 Å². The molecule has 0 saturated carbocycles. The molecule has 0 fully saturated rings. The van der Waals surface area contributed by atoms with Crippen molar-refractivity contribution in [1.82, 2.24) is 0 Å². The Morgan fingerprint density at radius 1 is 1.36 bits per heavy atom. The van der Waals surface area contributed by atoms with Crippen LogP contribution in [0.1, 0.15) is 33.6 Å². The molecule has 11 heavy (non-hydrogen) atoms. The lowest BCUT2D eigenvalue weighted by Crippen LogP contribution is -1.84. The summed E-state index contributed by atoms with van der Waals surface area (Å²) in [5.74, 6) is 0. The van der Waals surface area contributed by atoms with Gasteiger partial charge in [0.25, 0.3) is 0 Å². The molecule has 0 amide bonds. The molecule has 1 nitrogen and oxygen atoms in total. The Kier molecular flexibility index (Phi) is 5.44. The van der Waals surface area contributed by atoms with E-state index in [0.717, 1.165) is 18.5 Å². The number of hydrogen-bond donors (Lipinski definition) is 0. The molecule has 0 saturated heterocycles. The van der Waals surface area contributed by atoms with Crippen LogP contribution < -0.4 is 0 Å². The zero-order chi connectivity index (χ0) is 8.69. The Morgan fingerprint density at radius 2 is 2.00 bits per heavy atom. The summed E-state index contributed by atoms with van der Waals surface area (Å²) in [6, 6.07) is 0. The molecule has 0 spiro atoms. The predicted molar refractivity (Wildman–Crippen MR) is 52.0 cm³/mol. The molecule has 0 heterocycles. The molecule has 0 rings (SSSR count). The van der Waals surface area contributed by atoms with Crippen LogP contribution in [0.4, 0.5) is 0 Å². The molecular weight excluding hydrogens is 134 g/mol. The highest BCUT2D eigenvalue weighted by molar-refractivity contribution is 5.55. The lowest BCUT2D eigenvalue weighted by Gasteiger charge is -2.02. The van der Waals surface area contributed by atoms with Crippen LogP contribution in [0.5, 0.6) is 0 Å². The fraction of sp³-hybridized carbons (Fsp3) is 0.500. The van der Waals surface area contributed by atoms with Gasteiger partial charge in [0, 0.05) is 11.9 Å². The average Bonchev–Trinajstić information content (AvgIpc) is 2.05. The van der Waals surface area contributed by atoms with Gasteiger partial charge in [-0.3, -0.25) is 4.99 Å². The smallest absolute Gasteiger partial charge is 0.0428 e. The summed E-state index contributed by atoms with van der Waals surface area (Å²) < 4.78 is 0. The monoisotopic (exact) mass is 151 g/mol. The Morgan fingerprint density at radius 3 is 2.27 bits per heavy atom. The van der Waals surface area contributed by atoms with Crippen LogP contribution in [0.25, 0.3) is 0 Å². The van der Waals surface area contributed by atoms with E-state index in [1.807, 2.05) is 19.2 Å². The molecule has 1 heteroatoms. The quantitative estimate of drug-likeness (QED) is 0.431. The first kappa shape index (κ1) is 10.2. The highest BCUT2D eigenvalue weighted by Crippen LogP contribution is 2.13. The van der Waals surface area contributed by atoms with Crippen LogP contribution in [0.3, 0.4) is 0 Å². The van der Waals surface area contributed by atoms with E-state index in [2.05, 4.69) is 25.4 Å². The zero-order valence-corrected chi connectivity index (χ0v) is 7.72. The Labute approximate surface area is 69.5 Å². The van der Waals surface area contributed by atoms with Crippen molar-refractivity contribution in [2.24, 2.45) is 4.99 Å². The van der Waals surface area contributed by atoms with Gasteiger partial charge in [-0.25, -0.2) is 0 Å². The lowest BCUT2D eigenvalue weighted by atomic mass is 10.1. The third-order valence-electron chi connectivity index (χ3n) is 1.62. The minimum atomic E-state index is 0.986. The van der Waals surface area contributed by atoms with Crippen LogP contribution in [-0.2, 0) is 0 Å². The van der Waals surface area contributed by atoms with Gasteiger partial charge >= 0.3 is 0 Å². The Hall–Kier alpha value is -0.850. The van der Waals surface area contributed by atoms with Crippen molar-refractivity contribution in [3.63, 3.8) is 0 Å². The molecule has 62 valence electrons. The van der Waals surface area contributed by atoms with E-state index in [4.69, 9.17) is 0 Å². The van der Waals surface area contributed by atoms with Crippen molar-refractivity contribution in [2.45, 2.75) is 33.6 Å². The van der Waals surface area contributed by atoms with Gasteiger partial charge in [-0.05, 0) is 25.3 Å². The van der Waals surface area contributed by atoms with Crippen molar-refractivity contribution in [3.05, 3.63) is 23.9 Å². The number of allylic oxidation sites excluding steroid dienone is 3. The van der Waals surface area contributed by atoms with E-state index in [0.29, 0.717) is 0 Å². The SMILES string of the molecule is C=C/C(CC)=C(/CC)N=CC. The van der Waals surface area contributed by atoms with Crippen molar-refractivity contribution in [2.75, 3.05) is 0 Å². The van der Waals surface area contributed by atoms with E-state index in [1.54, 1.807) is 0 Å². The van der Waals surface area contributed by atoms with E-state index in [9.17, 15) is 0 Å². The maximum absolute atomic E-state index is 4.27. The number of rotatable bonds is 4. The second-order valence-electron chi connectivity index (χ2n) is 2.27. The summed E-state index contributed by atoms with van der Waals surface area (Å²) in [6.45, 7) is 9.92. The maximum Gasteiger partial charge on any atom is 0.0428 e. The molecule has 0 aromatic heterocycles. The summed E-state index contributed by atoms with van der Waals surface area (Å²) in [5.41, 5.74) is 2.41. The second-order valence-corrected chi connectivity index (χ2v) is 2.27. The summed E-state index contributed by atoms with van der Waals surface area (Å²) in [7, 11) is 0. The molecule has 0 atom stereocenters. The number of aliphatic imine (C=N–C) groups is 1. The first-order valence-corrected chi connectivity index (χ1v) is 4.13. The van der Waals surface area contributed by atoms with E-state index in [1.165, 1.54) is 5.57 Å². The molecule has 0 aliphatic heterocycles. The van der Waals surface area contributed by atoms with Gasteiger partial charge in [0.05, 0.1) is 0 Å². The first-order valence-electron chi connectivity index (χ1n) is 4.13. The summed E-state index contributed by atoms with van der Waals surface area (Å²) in [6.07, 6.45) is 5.73. The molecule has 0 aromatic rings. The fourth-order valence-corrected chi connectivity index (χ4v) is 1.02. The van der Waals surface area contributed by atoms with Crippen molar-refractivity contribution >= 4 is 6.21 Å². The fourth-order valence-electron chi connectivity index (χ4n) is 1.02. The van der Waals surface area contributed by atoms with E-state index in [-0.39, 0.29) is 0 Å². The van der Waals surface area contributed by atoms with Gasteiger partial charge in [0.15, 0.2) is 0 Å².